The van der Waals surface area contributed by atoms with Crippen molar-refractivity contribution >= 4 is 11.6 Å². The summed E-state index contributed by atoms with van der Waals surface area (Å²) in [6, 6.07) is 11.1. The van der Waals surface area contributed by atoms with Crippen molar-refractivity contribution in [3.8, 4) is 23.0 Å². The van der Waals surface area contributed by atoms with Crippen molar-refractivity contribution in [3.63, 3.8) is 0 Å². The minimum Gasteiger partial charge on any atom is -0.496 e. The summed E-state index contributed by atoms with van der Waals surface area (Å²) < 4.78 is 51.3. The number of para-hydroxylation sites is 1. The van der Waals surface area contributed by atoms with Gasteiger partial charge in [-0.15, -0.1) is 0 Å². The van der Waals surface area contributed by atoms with Crippen molar-refractivity contribution in [2.75, 3.05) is 19.0 Å². The van der Waals surface area contributed by atoms with E-state index in [2.05, 4.69) is 20.2 Å². The molecule has 0 bridgehead atoms. The molecule has 0 saturated heterocycles. The number of nitrogens with one attached hydrogen (secondary N) is 1. The highest BCUT2D eigenvalue weighted by atomic mass is 19.4. The zero-order valence-electron chi connectivity index (χ0n) is 14.5. The number of carbonyl (C=O) groups excluding carboxylic acids is 1. The molecular formula is C18H14F3N3O4. The Hall–Kier alpha value is -3.56. The molecule has 0 aliphatic rings. The van der Waals surface area contributed by atoms with Gasteiger partial charge in [0.25, 0.3) is 5.91 Å². The van der Waals surface area contributed by atoms with E-state index in [1.54, 1.807) is 24.3 Å². The molecule has 2 aromatic heterocycles. The topological polar surface area (TPSA) is 86.5 Å². The number of nitrogens with zero attached hydrogens (tertiary/aromatic N) is 2. The van der Waals surface area contributed by atoms with Crippen LogP contribution in [0.5, 0.6) is 11.6 Å². The van der Waals surface area contributed by atoms with Gasteiger partial charge in [0.05, 0.1) is 24.6 Å². The van der Waals surface area contributed by atoms with E-state index in [-0.39, 0.29) is 17.3 Å². The number of amides is 1. The van der Waals surface area contributed by atoms with Crippen molar-refractivity contribution in [2.45, 2.75) is 6.18 Å². The lowest BCUT2D eigenvalue weighted by Crippen LogP contribution is -2.19. The van der Waals surface area contributed by atoms with E-state index in [4.69, 9.17) is 9.26 Å². The van der Waals surface area contributed by atoms with Crippen LogP contribution in [0.3, 0.4) is 0 Å². The minimum absolute atomic E-state index is 0.0123. The molecule has 0 aliphatic carbocycles. The third-order valence-electron chi connectivity index (χ3n) is 3.49. The van der Waals surface area contributed by atoms with Gasteiger partial charge in [-0.05, 0) is 18.2 Å². The summed E-state index contributed by atoms with van der Waals surface area (Å²) in [7, 11) is 1.51. The fraction of sp³-hybridized carbons (Fsp3) is 0.167. The maximum Gasteiger partial charge on any atom is 0.422 e. The smallest absolute Gasteiger partial charge is 0.422 e. The van der Waals surface area contributed by atoms with Crippen LogP contribution in [-0.2, 0) is 0 Å². The van der Waals surface area contributed by atoms with E-state index in [0.717, 1.165) is 0 Å². The number of hydrogen-bond acceptors (Lipinski definition) is 6. The summed E-state index contributed by atoms with van der Waals surface area (Å²) in [4.78, 5) is 16.0. The quantitative estimate of drug-likeness (QED) is 0.683. The van der Waals surface area contributed by atoms with E-state index < -0.39 is 18.7 Å². The number of anilines is 1. The Morgan fingerprint density at radius 1 is 1.21 bits per heavy atom. The molecule has 10 heteroatoms. The van der Waals surface area contributed by atoms with Gasteiger partial charge in [0.2, 0.25) is 5.88 Å². The lowest BCUT2D eigenvalue weighted by atomic mass is 10.1. The van der Waals surface area contributed by atoms with Crippen molar-refractivity contribution < 1.29 is 32.0 Å². The van der Waals surface area contributed by atoms with Crippen LogP contribution in [0.4, 0.5) is 18.9 Å². The van der Waals surface area contributed by atoms with Crippen molar-refractivity contribution in [3.05, 3.63) is 54.4 Å². The number of carbonyl (C=O) groups is 1. The highest BCUT2D eigenvalue weighted by molar-refractivity contribution is 6.03. The molecule has 3 aromatic rings. The van der Waals surface area contributed by atoms with Crippen LogP contribution in [0.2, 0.25) is 0 Å². The minimum atomic E-state index is -4.46. The Morgan fingerprint density at radius 2 is 2.00 bits per heavy atom. The summed E-state index contributed by atoms with van der Waals surface area (Å²) in [6.45, 7) is -1.45. The average molecular weight is 393 g/mol. The molecule has 0 atom stereocenters. The van der Waals surface area contributed by atoms with Gasteiger partial charge in [-0.25, -0.2) is 4.98 Å². The molecule has 2 heterocycles. The van der Waals surface area contributed by atoms with Crippen molar-refractivity contribution in [1.29, 1.82) is 0 Å². The molecule has 7 nitrogen and oxygen atoms in total. The van der Waals surface area contributed by atoms with Gasteiger partial charge < -0.3 is 19.3 Å². The molecule has 0 fully saturated rings. The van der Waals surface area contributed by atoms with Gasteiger partial charge in [0, 0.05) is 12.1 Å². The number of hydrogen-bond donors (Lipinski definition) is 1. The zero-order chi connectivity index (χ0) is 20.1. The molecule has 28 heavy (non-hydrogen) atoms. The van der Waals surface area contributed by atoms with Crippen LogP contribution in [0.15, 0.2) is 53.2 Å². The van der Waals surface area contributed by atoms with Crippen LogP contribution in [0.1, 0.15) is 10.5 Å². The predicted molar refractivity (Wildman–Crippen MR) is 92.2 cm³/mol. The Bertz CT molecular complexity index is 955. The molecular weight excluding hydrogens is 379 g/mol. The Kier molecular flexibility index (Phi) is 5.48. The number of methoxy groups -OCH3 is 1. The van der Waals surface area contributed by atoms with Crippen molar-refractivity contribution in [1.82, 2.24) is 10.1 Å². The number of benzene rings is 1. The van der Waals surface area contributed by atoms with Gasteiger partial charge in [-0.3, -0.25) is 4.79 Å². The number of rotatable bonds is 6. The first kappa shape index (κ1) is 19.2. The molecule has 3 rings (SSSR count). The monoisotopic (exact) mass is 393 g/mol. The van der Waals surface area contributed by atoms with E-state index in [0.29, 0.717) is 17.1 Å². The lowest BCUT2D eigenvalue weighted by molar-refractivity contribution is -0.154. The molecule has 0 unspecified atom stereocenters. The normalized spacial score (nSPS) is 11.1. The fourth-order valence-electron chi connectivity index (χ4n) is 2.25. The number of ether oxygens (including phenoxy) is 2. The average Bonchev–Trinajstić information content (AvgIpc) is 3.17. The Morgan fingerprint density at radius 3 is 2.68 bits per heavy atom. The van der Waals surface area contributed by atoms with Crippen molar-refractivity contribution in [2.24, 2.45) is 0 Å². The maximum atomic E-state index is 12.3. The van der Waals surface area contributed by atoms with Crippen LogP contribution < -0.4 is 14.8 Å². The van der Waals surface area contributed by atoms with Crippen LogP contribution in [0.25, 0.3) is 11.3 Å². The maximum absolute atomic E-state index is 12.3. The van der Waals surface area contributed by atoms with Gasteiger partial charge >= 0.3 is 6.18 Å². The van der Waals surface area contributed by atoms with Gasteiger partial charge in [-0.2, -0.15) is 13.2 Å². The first-order chi connectivity index (χ1) is 13.4. The fourth-order valence-corrected chi connectivity index (χ4v) is 2.25. The zero-order valence-corrected chi connectivity index (χ0v) is 14.5. The first-order valence-corrected chi connectivity index (χ1v) is 7.93. The van der Waals surface area contributed by atoms with Crippen LogP contribution >= 0.6 is 0 Å². The molecule has 0 aliphatic heterocycles. The molecule has 0 radical (unpaired) electrons. The van der Waals surface area contributed by atoms with Crippen LogP contribution in [0, 0.1) is 0 Å². The highest BCUT2D eigenvalue weighted by Crippen LogP contribution is 2.30. The van der Waals surface area contributed by atoms with E-state index in [9.17, 15) is 18.0 Å². The summed E-state index contributed by atoms with van der Waals surface area (Å²) >= 11 is 0. The summed E-state index contributed by atoms with van der Waals surface area (Å²) in [5.41, 5.74) is 0.897. The van der Waals surface area contributed by atoms with Gasteiger partial charge in [-0.1, -0.05) is 17.3 Å². The van der Waals surface area contributed by atoms with Gasteiger partial charge in [0.15, 0.2) is 18.1 Å². The second kappa shape index (κ2) is 7.99. The Labute approximate surface area is 157 Å². The molecule has 0 saturated carbocycles. The number of pyridine rings is 1. The Balaban J connectivity index is 1.66. The number of aromatic nitrogens is 2. The van der Waals surface area contributed by atoms with E-state index in [1.165, 1.54) is 31.5 Å². The molecule has 1 N–H and O–H groups in total. The van der Waals surface area contributed by atoms with Gasteiger partial charge in [0.1, 0.15) is 5.75 Å². The largest absolute Gasteiger partial charge is 0.496 e. The second-order valence-corrected chi connectivity index (χ2v) is 5.52. The third-order valence-corrected chi connectivity index (χ3v) is 3.49. The SMILES string of the molecule is COc1ccccc1-c1cc(C(=O)Nc2ccc(OCC(F)(F)F)nc2)no1. The molecule has 146 valence electrons. The molecule has 0 spiro atoms. The lowest BCUT2D eigenvalue weighted by Gasteiger charge is -2.08. The molecule has 1 aromatic carbocycles. The highest BCUT2D eigenvalue weighted by Gasteiger charge is 2.28. The van der Waals surface area contributed by atoms with Crippen LogP contribution in [-0.4, -0.2) is 35.9 Å². The number of alkyl halides is 3. The summed E-state index contributed by atoms with van der Waals surface area (Å²) in [5, 5.41) is 6.24. The van der Waals surface area contributed by atoms with E-state index >= 15 is 0 Å². The molecule has 1 amide bonds. The third kappa shape index (κ3) is 4.78. The predicted octanol–water partition coefficient (Wildman–Crippen LogP) is 3.94. The standard InChI is InChI=1S/C18H14F3N3O4/c1-26-14-5-3-2-4-12(14)15-8-13(24-28-15)17(25)23-11-6-7-16(22-9-11)27-10-18(19,20)21/h2-9H,10H2,1H3,(H,23,25). The van der Waals surface area contributed by atoms with E-state index in [1.807, 2.05) is 0 Å². The number of halogens is 3. The summed E-state index contributed by atoms with van der Waals surface area (Å²) in [6.07, 6.45) is -3.29. The summed E-state index contributed by atoms with van der Waals surface area (Å²) in [5.74, 6) is 0.117. The first-order valence-electron chi connectivity index (χ1n) is 7.93. The second-order valence-electron chi connectivity index (χ2n) is 5.52.